The van der Waals surface area contributed by atoms with E-state index in [2.05, 4.69) is 76.6 Å². The normalized spacial score (nSPS) is 16.5. The lowest BCUT2D eigenvalue weighted by atomic mass is 9.79. The summed E-state index contributed by atoms with van der Waals surface area (Å²) in [4.78, 5) is 1.16. The van der Waals surface area contributed by atoms with E-state index in [1.54, 1.807) is 0 Å². The third-order valence-corrected chi connectivity index (χ3v) is 6.64. The summed E-state index contributed by atoms with van der Waals surface area (Å²) < 4.78 is 2.47. The van der Waals surface area contributed by atoms with Gasteiger partial charge >= 0.3 is 0 Å². The standard InChI is InChI=1S/C25H38N2S/c1-24(2,3)20-12-19(13-21(14-20)25(4,5)6)23-15-22(28-26)17-27(23)16-18-10-8-7-9-11-18/h12-15,17-18H,7-11,16,26H2,1-6H3. The molecule has 0 atom stereocenters. The molecule has 154 valence electrons. The number of benzene rings is 1. The first-order valence-corrected chi connectivity index (χ1v) is 11.7. The number of hydrogen-bond acceptors (Lipinski definition) is 2. The van der Waals surface area contributed by atoms with E-state index in [-0.39, 0.29) is 10.8 Å². The molecule has 0 spiro atoms. The van der Waals surface area contributed by atoms with Crippen LogP contribution >= 0.6 is 11.9 Å². The van der Waals surface area contributed by atoms with Crippen LogP contribution < -0.4 is 5.14 Å². The summed E-state index contributed by atoms with van der Waals surface area (Å²) in [6.07, 6.45) is 9.15. The molecule has 3 rings (SSSR count). The molecule has 1 aliphatic carbocycles. The zero-order chi connectivity index (χ0) is 20.5. The molecule has 1 saturated carbocycles. The highest BCUT2D eigenvalue weighted by atomic mass is 32.2. The molecule has 1 aromatic carbocycles. The van der Waals surface area contributed by atoms with E-state index in [1.807, 2.05) is 0 Å². The Labute approximate surface area is 176 Å². The first-order valence-electron chi connectivity index (χ1n) is 10.8. The van der Waals surface area contributed by atoms with Gasteiger partial charge in [0.2, 0.25) is 0 Å². The fourth-order valence-corrected chi connectivity index (χ4v) is 4.60. The fraction of sp³-hybridized carbons (Fsp3) is 0.600. The van der Waals surface area contributed by atoms with Gasteiger partial charge in [0.05, 0.1) is 0 Å². The molecule has 2 N–H and O–H groups in total. The molecule has 0 radical (unpaired) electrons. The SMILES string of the molecule is CC(C)(C)c1cc(-c2cc(SN)cn2CC2CCCCC2)cc(C(C)(C)C)c1. The summed E-state index contributed by atoms with van der Waals surface area (Å²) in [5.41, 5.74) is 5.71. The van der Waals surface area contributed by atoms with Crippen molar-refractivity contribution in [1.82, 2.24) is 4.57 Å². The Morgan fingerprint density at radius 2 is 1.46 bits per heavy atom. The van der Waals surface area contributed by atoms with Crippen LogP contribution in [0.15, 0.2) is 35.4 Å². The van der Waals surface area contributed by atoms with Crippen molar-refractivity contribution in [3.63, 3.8) is 0 Å². The lowest BCUT2D eigenvalue weighted by molar-refractivity contribution is 0.320. The van der Waals surface area contributed by atoms with Gasteiger partial charge in [-0.2, -0.15) is 0 Å². The number of aromatic nitrogens is 1. The molecule has 3 heteroatoms. The second kappa shape index (κ2) is 8.28. The summed E-state index contributed by atoms with van der Waals surface area (Å²) in [7, 11) is 0. The van der Waals surface area contributed by atoms with Gasteiger partial charge in [0.15, 0.2) is 0 Å². The van der Waals surface area contributed by atoms with Gasteiger partial charge in [0, 0.05) is 23.3 Å². The molecule has 0 unspecified atom stereocenters. The minimum atomic E-state index is 0.127. The van der Waals surface area contributed by atoms with Gasteiger partial charge in [-0.1, -0.05) is 66.9 Å². The van der Waals surface area contributed by atoms with E-state index >= 15 is 0 Å². The zero-order valence-electron chi connectivity index (χ0n) is 18.6. The summed E-state index contributed by atoms with van der Waals surface area (Å²) in [6, 6.07) is 9.47. The second-order valence-electron chi connectivity index (χ2n) is 10.6. The molecule has 0 aliphatic heterocycles. The molecule has 1 heterocycles. The van der Waals surface area contributed by atoms with Gasteiger partial charge in [-0.25, -0.2) is 0 Å². The van der Waals surface area contributed by atoms with Crippen LogP contribution in [0.1, 0.15) is 84.8 Å². The maximum atomic E-state index is 5.94. The van der Waals surface area contributed by atoms with E-state index in [9.17, 15) is 0 Å². The predicted molar refractivity (Wildman–Crippen MR) is 124 cm³/mol. The monoisotopic (exact) mass is 398 g/mol. The predicted octanol–water partition coefficient (Wildman–Crippen LogP) is 7.30. The third kappa shape index (κ3) is 5.04. The number of hydrogen-bond donors (Lipinski definition) is 1. The van der Waals surface area contributed by atoms with Gasteiger partial charge in [-0.3, -0.25) is 5.14 Å². The average molecular weight is 399 g/mol. The molecule has 0 amide bonds. The molecular weight excluding hydrogens is 360 g/mol. The van der Waals surface area contributed by atoms with E-state index in [0.717, 1.165) is 17.4 Å². The van der Waals surface area contributed by atoms with E-state index < -0.39 is 0 Å². The smallest absolute Gasteiger partial charge is 0.0492 e. The minimum Gasteiger partial charge on any atom is -0.346 e. The van der Waals surface area contributed by atoms with Crippen LogP contribution in [-0.4, -0.2) is 4.57 Å². The lowest BCUT2D eigenvalue weighted by Crippen LogP contribution is -2.17. The Hall–Kier alpha value is -1.19. The van der Waals surface area contributed by atoms with Crippen molar-refractivity contribution in [3.05, 3.63) is 41.6 Å². The van der Waals surface area contributed by atoms with Crippen molar-refractivity contribution in [2.24, 2.45) is 11.1 Å². The third-order valence-electron chi connectivity index (χ3n) is 6.15. The Bertz CT molecular complexity index is 767. The number of nitrogens with zero attached hydrogens (tertiary/aromatic N) is 1. The van der Waals surface area contributed by atoms with Crippen LogP contribution in [0.5, 0.6) is 0 Å². The van der Waals surface area contributed by atoms with Gasteiger partial charge in [0.25, 0.3) is 0 Å². The van der Waals surface area contributed by atoms with Crippen molar-refractivity contribution < 1.29 is 0 Å². The molecular formula is C25H38N2S. The molecule has 0 bridgehead atoms. The van der Waals surface area contributed by atoms with Gasteiger partial charge in [0.1, 0.15) is 0 Å². The average Bonchev–Trinajstić information content (AvgIpc) is 3.03. The van der Waals surface area contributed by atoms with Crippen LogP contribution in [0, 0.1) is 5.92 Å². The van der Waals surface area contributed by atoms with Crippen LogP contribution in [0.2, 0.25) is 0 Å². The van der Waals surface area contributed by atoms with Crippen molar-refractivity contribution in [2.75, 3.05) is 0 Å². The largest absolute Gasteiger partial charge is 0.346 e. The van der Waals surface area contributed by atoms with E-state index in [0.29, 0.717) is 0 Å². The second-order valence-corrected chi connectivity index (χ2v) is 11.3. The quantitative estimate of drug-likeness (QED) is 0.548. The molecule has 2 aromatic rings. The van der Waals surface area contributed by atoms with Crippen molar-refractivity contribution in [1.29, 1.82) is 0 Å². The maximum absolute atomic E-state index is 5.94. The summed E-state index contributed by atoms with van der Waals surface area (Å²) in [5.74, 6) is 0.795. The lowest BCUT2D eigenvalue weighted by Gasteiger charge is -2.27. The van der Waals surface area contributed by atoms with Crippen molar-refractivity contribution >= 4 is 11.9 Å². The van der Waals surface area contributed by atoms with Crippen molar-refractivity contribution in [2.45, 2.75) is 95.9 Å². The van der Waals surface area contributed by atoms with Gasteiger partial charge in [-0.05, 0) is 76.4 Å². The summed E-state index contributed by atoms with van der Waals surface area (Å²) in [6.45, 7) is 14.9. The highest BCUT2D eigenvalue weighted by Crippen LogP contribution is 2.36. The van der Waals surface area contributed by atoms with E-state index in [4.69, 9.17) is 5.14 Å². The van der Waals surface area contributed by atoms with Crippen LogP contribution in [-0.2, 0) is 17.4 Å². The number of rotatable bonds is 4. The summed E-state index contributed by atoms with van der Waals surface area (Å²) in [5, 5.41) is 5.94. The van der Waals surface area contributed by atoms with Crippen LogP contribution in [0.25, 0.3) is 11.3 Å². The van der Waals surface area contributed by atoms with Gasteiger partial charge in [-0.15, -0.1) is 0 Å². The maximum Gasteiger partial charge on any atom is 0.0492 e. The molecule has 28 heavy (non-hydrogen) atoms. The van der Waals surface area contributed by atoms with E-state index in [1.165, 1.54) is 66.4 Å². The first kappa shape index (κ1) is 21.5. The number of nitrogens with two attached hydrogens (primary N) is 1. The molecule has 1 aliphatic rings. The Kier molecular flexibility index (Phi) is 6.36. The first-order chi connectivity index (χ1) is 13.1. The van der Waals surface area contributed by atoms with Crippen LogP contribution in [0.3, 0.4) is 0 Å². The van der Waals surface area contributed by atoms with Crippen molar-refractivity contribution in [3.8, 4) is 11.3 Å². The molecule has 0 saturated heterocycles. The highest BCUT2D eigenvalue weighted by Gasteiger charge is 2.23. The zero-order valence-corrected chi connectivity index (χ0v) is 19.5. The van der Waals surface area contributed by atoms with Gasteiger partial charge < -0.3 is 4.57 Å². The van der Waals surface area contributed by atoms with Crippen LogP contribution in [0.4, 0.5) is 0 Å². The highest BCUT2D eigenvalue weighted by molar-refractivity contribution is 7.97. The molecule has 1 fully saturated rings. The topological polar surface area (TPSA) is 30.9 Å². The molecule has 2 nitrogen and oxygen atoms in total. The fourth-order valence-electron chi connectivity index (χ4n) is 4.23. The Balaban J connectivity index is 2.07. The minimum absolute atomic E-state index is 0.127. The Morgan fingerprint density at radius 1 is 0.893 bits per heavy atom. The summed E-state index contributed by atoms with van der Waals surface area (Å²) >= 11 is 1.36. The Morgan fingerprint density at radius 3 is 1.96 bits per heavy atom. The molecule has 1 aromatic heterocycles.